The van der Waals surface area contributed by atoms with Crippen molar-refractivity contribution in [3.8, 4) is 5.75 Å². The monoisotopic (exact) mass is 416 g/mol. The van der Waals surface area contributed by atoms with Crippen molar-refractivity contribution in [3.63, 3.8) is 0 Å². The first kappa shape index (κ1) is 22.2. The molecular weight excluding hydrogens is 383 g/mol. The lowest BCUT2D eigenvalue weighted by atomic mass is 10.0. The quantitative estimate of drug-likeness (QED) is 0.693. The Morgan fingerprint density at radius 1 is 1.30 bits per heavy atom. The summed E-state index contributed by atoms with van der Waals surface area (Å²) in [5.74, 6) is 1.29. The molecule has 0 bridgehead atoms. The van der Waals surface area contributed by atoms with E-state index in [1.807, 2.05) is 54.3 Å². The fourth-order valence-corrected chi connectivity index (χ4v) is 3.59. The van der Waals surface area contributed by atoms with Gasteiger partial charge in [-0.15, -0.1) is 0 Å². The molecule has 1 saturated heterocycles. The Kier molecular flexibility index (Phi) is 7.74. The second-order valence-corrected chi connectivity index (χ2v) is 8.40. The number of rotatable bonds is 8. The summed E-state index contributed by atoms with van der Waals surface area (Å²) in [7, 11) is 1.94. The van der Waals surface area contributed by atoms with E-state index < -0.39 is 12.2 Å². The summed E-state index contributed by atoms with van der Waals surface area (Å²) in [5.41, 5.74) is 1.96. The van der Waals surface area contributed by atoms with Gasteiger partial charge in [-0.3, -0.25) is 0 Å². The van der Waals surface area contributed by atoms with Crippen LogP contribution in [0.15, 0.2) is 42.7 Å². The normalized spacial score (nSPS) is 19.0. The number of halogens is 1. The topological polar surface area (TPSA) is 58.5 Å². The van der Waals surface area contributed by atoms with Crippen LogP contribution in [0, 0.1) is 5.92 Å². The van der Waals surface area contributed by atoms with Crippen molar-refractivity contribution >= 4 is 6.03 Å². The van der Waals surface area contributed by atoms with Crippen LogP contribution in [0.2, 0.25) is 0 Å². The van der Waals surface area contributed by atoms with Crippen LogP contribution < -0.4 is 15.4 Å². The molecule has 0 spiro atoms. The van der Waals surface area contributed by atoms with Gasteiger partial charge in [-0.2, -0.15) is 0 Å². The number of carbonyl (C=O) groups is 1. The second kappa shape index (κ2) is 10.5. The molecular formula is C23H33FN4O2. The number of benzene rings is 1. The summed E-state index contributed by atoms with van der Waals surface area (Å²) in [6.07, 6.45) is 3.42. The van der Waals surface area contributed by atoms with Crippen LogP contribution in [-0.4, -0.2) is 47.4 Å². The van der Waals surface area contributed by atoms with Gasteiger partial charge in [-0.1, -0.05) is 26.0 Å². The summed E-state index contributed by atoms with van der Waals surface area (Å²) in [6.45, 7) is 6.65. The van der Waals surface area contributed by atoms with E-state index in [1.165, 1.54) is 0 Å². The van der Waals surface area contributed by atoms with Crippen LogP contribution in [0.25, 0.3) is 0 Å². The molecule has 0 radical (unpaired) electrons. The highest BCUT2D eigenvalue weighted by molar-refractivity contribution is 5.74. The molecule has 2 aromatic rings. The Bertz CT molecular complexity index is 806. The number of urea groups is 1. The zero-order valence-electron chi connectivity index (χ0n) is 18.1. The van der Waals surface area contributed by atoms with Crippen molar-refractivity contribution in [1.82, 2.24) is 20.1 Å². The first-order valence-corrected chi connectivity index (χ1v) is 10.6. The number of piperidine rings is 1. The number of nitrogens with zero attached hydrogens (tertiary/aromatic N) is 2. The molecule has 2 N–H and O–H groups in total. The molecule has 2 heterocycles. The molecule has 0 unspecified atom stereocenters. The SMILES string of the molecule is CC(C)COc1ccc(CNC(=O)N(Cc2ccn(C)c2)[C@H]2CCNC[C@H]2F)cc1. The standard InChI is InChI=1S/C23H33FN4O2/c1-17(2)16-30-20-6-4-18(5-7-20)12-26-23(29)28(15-19-9-11-27(3)14-19)22-8-10-25-13-21(22)24/h4-7,9,11,14,17,21-22,25H,8,10,12-13,15-16H2,1-3H3,(H,26,29)/t21-,22+/m1/s1. The molecule has 1 aromatic heterocycles. The van der Waals surface area contributed by atoms with Gasteiger partial charge in [-0.25, -0.2) is 9.18 Å². The molecule has 1 fully saturated rings. The Labute approximate surface area is 178 Å². The van der Waals surface area contributed by atoms with E-state index >= 15 is 0 Å². The molecule has 3 rings (SSSR count). The lowest BCUT2D eigenvalue weighted by Crippen LogP contribution is -2.55. The van der Waals surface area contributed by atoms with E-state index in [4.69, 9.17) is 4.74 Å². The van der Waals surface area contributed by atoms with Gasteiger partial charge in [0.1, 0.15) is 11.9 Å². The van der Waals surface area contributed by atoms with Crippen LogP contribution in [0.5, 0.6) is 5.75 Å². The minimum Gasteiger partial charge on any atom is -0.493 e. The van der Waals surface area contributed by atoms with Crippen LogP contribution in [0.4, 0.5) is 9.18 Å². The highest BCUT2D eigenvalue weighted by Gasteiger charge is 2.33. The number of ether oxygens (including phenoxy) is 1. The van der Waals surface area contributed by atoms with Gasteiger partial charge in [0.25, 0.3) is 0 Å². The molecule has 0 aliphatic carbocycles. The van der Waals surface area contributed by atoms with Crippen molar-refractivity contribution in [2.45, 2.75) is 45.6 Å². The van der Waals surface area contributed by atoms with Gasteiger partial charge in [0.2, 0.25) is 0 Å². The van der Waals surface area contributed by atoms with Gasteiger partial charge in [-0.05, 0) is 48.2 Å². The predicted molar refractivity (Wildman–Crippen MR) is 116 cm³/mol. The predicted octanol–water partition coefficient (Wildman–Crippen LogP) is 3.47. The third-order valence-corrected chi connectivity index (χ3v) is 5.23. The number of nitrogens with one attached hydrogen (secondary N) is 2. The molecule has 2 atom stereocenters. The summed E-state index contributed by atoms with van der Waals surface area (Å²) >= 11 is 0. The summed E-state index contributed by atoms with van der Waals surface area (Å²) in [4.78, 5) is 14.7. The molecule has 2 amide bonds. The number of aryl methyl sites for hydroxylation is 1. The van der Waals surface area contributed by atoms with E-state index in [0.717, 1.165) is 16.9 Å². The Balaban J connectivity index is 1.62. The minimum absolute atomic E-state index is 0.242. The Morgan fingerprint density at radius 3 is 2.70 bits per heavy atom. The maximum absolute atomic E-state index is 14.6. The van der Waals surface area contributed by atoms with Gasteiger partial charge in [0.05, 0.1) is 12.6 Å². The minimum atomic E-state index is -1.08. The molecule has 164 valence electrons. The van der Waals surface area contributed by atoms with Gasteiger partial charge >= 0.3 is 6.03 Å². The van der Waals surface area contributed by atoms with E-state index in [9.17, 15) is 9.18 Å². The van der Waals surface area contributed by atoms with Gasteiger partial charge in [0.15, 0.2) is 0 Å². The third kappa shape index (κ3) is 6.23. The zero-order chi connectivity index (χ0) is 21.5. The van der Waals surface area contributed by atoms with Crippen LogP contribution in [0.3, 0.4) is 0 Å². The fourth-order valence-electron chi connectivity index (χ4n) is 3.59. The number of amides is 2. The molecule has 7 heteroatoms. The number of hydrogen-bond acceptors (Lipinski definition) is 3. The van der Waals surface area contributed by atoms with Gasteiger partial charge in [0, 0.05) is 39.1 Å². The lowest BCUT2D eigenvalue weighted by molar-refractivity contribution is 0.0971. The van der Waals surface area contributed by atoms with Crippen LogP contribution in [0.1, 0.15) is 31.4 Å². The van der Waals surface area contributed by atoms with E-state index in [2.05, 4.69) is 24.5 Å². The summed E-state index contributed by atoms with van der Waals surface area (Å²) in [5, 5.41) is 6.02. The number of hydrogen-bond donors (Lipinski definition) is 2. The lowest BCUT2D eigenvalue weighted by Gasteiger charge is -2.36. The first-order chi connectivity index (χ1) is 14.4. The summed E-state index contributed by atoms with van der Waals surface area (Å²) < 4.78 is 22.2. The third-order valence-electron chi connectivity index (χ3n) is 5.23. The van der Waals surface area contributed by atoms with Crippen molar-refractivity contribution in [2.75, 3.05) is 19.7 Å². The Morgan fingerprint density at radius 2 is 2.07 bits per heavy atom. The maximum atomic E-state index is 14.6. The number of alkyl halides is 1. The molecule has 1 aliphatic heterocycles. The molecule has 30 heavy (non-hydrogen) atoms. The first-order valence-electron chi connectivity index (χ1n) is 10.6. The number of carbonyl (C=O) groups excluding carboxylic acids is 1. The Hall–Kier alpha value is -2.54. The molecule has 6 nitrogen and oxygen atoms in total. The average molecular weight is 417 g/mol. The van der Waals surface area contributed by atoms with Crippen molar-refractivity contribution in [2.24, 2.45) is 13.0 Å². The van der Waals surface area contributed by atoms with Crippen LogP contribution in [-0.2, 0) is 20.1 Å². The van der Waals surface area contributed by atoms with E-state index in [0.29, 0.717) is 38.6 Å². The van der Waals surface area contributed by atoms with E-state index in [1.54, 1.807) is 4.90 Å². The van der Waals surface area contributed by atoms with Crippen molar-refractivity contribution < 1.29 is 13.9 Å². The van der Waals surface area contributed by atoms with Crippen LogP contribution >= 0.6 is 0 Å². The number of aromatic nitrogens is 1. The van der Waals surface area contributed by atoms with E-state index in [-0.39, 0.29) is 12.6 Å². The molecule has 1 aliphatic rings. The van der Waals surface area contributed by atoms with Crippen molar-refractivity contribution in [1.29, 1.82) is 0 Å². The zero-order valence-corrected chi connectivity index (χ0v) is 18.1. The van der Waals surface area contributed by atoms with Gasteiger partial charge < -0.3 is 24.8 Å². The fraction of sp³-hybridized carbons (Fsp3) is 0.522. The maximum Gasteiger partial charge on any atom is 0.318 e. The second-order valence-electron chi connectivity index (χ2n) is 8.40. The highest BCUT2D eigenvalue weighted by Crippen LogP contribution is 2.19. The average Bonchev–Trinajstić information content (AvgIpc) is 3.15. The van der Waals surface area contributed by atoms with Crippen molar-refractivity contribution in [3.05, 3.63) is 53.9 Å². The summed E-state index contributed by atoms with van der Waals surface area (Å²) in [6, 6.07) is 9.00. The smallest absolute Gasteiger partial charge is 0.318 e. The molecule has 0 saturated carbocycles. The molecule has 1 aromatic carbocycles. The highest BCUT2D eigenvalue weighted by atomic mass is 19.1. The largest absolute Gasteiger partial charge is 0.493 e.